The smallest absolute Gasteiger partial charge is 0.224 e. The first-order valence-corrected chi connectivity index (χ1v) is 7.41. The molecule has 0 spiro atoms. The fourth-order valence-corrected chi connectivity index (χ4v) is 2.49. The lowest BCUT2D eigenvalue weighted by atomic mass is 10.3. The molecule has 0 bridgehead atoms. The first-order valence-electron chi connectivity index (χ1n) is 6.61. The van der Waals surface area contributed by atoms with Crippen LogP contribution in [0.4, 0.5) is 5.95 Å². The molecular weight excluding hydrogens is 322 g/mol. The van der Waals surface area contributed by atoms with Crippen LogP contribution in [0.15, 0.2) is 16.7 Å². The Balaban J connectivity index is 2.18. The third kappa shape index (κ3) is 2.92. The Morgan fingerprint density at radius 3 is 2.80 bits per heavy atom. The minimum absolute atomic E-state index is 0.119. The van der Waals surface area contributed by atoms with Crippen LogP contribution in [0.1, 0.15) is 20.3 Å². The summed E-state index contributed by atoms with van der Waals surface area (Å²) in [5.74, 6) is 0.506. The van der Waals surface area contributed by atoms with Crippen molar-refractivity contribution in [2.75, 3.05) is 18.8 Å². The summed E-state index contributed by atoms with van der Waals surface area (Å²) in [4.78, 5) is 22.4. The van der Waals surface area contributed by atoms with Crippen molar-refractivity contribution >= 4 is 38.9 Å². The van der Waals surface area contributed by atoms with Crippen molar-refractivity contribution in [1.82, 2.24) is 19.4 Å². The number of halogens is 1. The van der Waals surface area contributed by atoms with E-state index in [0.717, 1.165) is 23.1 Å². The SMILES string of the molecule is CCN(CC)C(=O)CCn1c(N)nc2cc(Br)cnc21. The number of aryl methyl sites for hydroxylation is 1. The van der Waals surface area contributed by atoms with Crippen LogP contribution in [-0.4, -0.2) is 38.4 Å². The van der Waals surface area contributed by atoms with Gasteiger partial charge < -0.3 is 10.6 Å². The molecule has 2 aromatic heterocycles. The standard InChI is InChI=1S/C13H18BrN5O/c1-3-18(4-2)11(20)5-6-19-12-10(17-13(19)15)7-9(14)8-16-12/h7-8H,3-6H2,1-2H3,(H2,15,17). The van der Waals surface area contributed by atoms with Gasteiger partial charge in [-0.1, -0.05) is 0 Å². The van der Waals surface area contributed by atoms with Crippen molar-refractivity contribution in [2.24, 2.45) is 0 Å². The first kappa shape index (κ1) is 14.8. The highest BCUT2D eigenvalue weighted by Gasteiger charge is 2.13. The second-order valence-corrected chi connectivity index (χ2v) is 5.35. The first-order chi connectivity index (χ1) is 9.56. The van der Waals surface area contributed by atoms with Gasteiger partial charge in [0.1, 0.15) is 5.52 Å². The summed E-state index contributed by atoms with van der Waals surface area (Å²) in [5.41, 5.74) is 7.34. The molecule has 2 heterocycles. The number of rotatable bonds is 5. The number of imidazole rings is 1. The number of nitrogens with two attached hydrogens (primary N) is 1. The van der Waals surface area contributed by atoms with Crippen LogP contribution in [0, 0.1) is 0 Å². The third-order valence-corrected chi connectivity index (χ3v) is 3.68. The Kier molecular flexibility index (Phi) is 4.59. The average molecular weight is 340 g/mol. The number of carbonyl (C=O) groups is 1. The van der Waals surface area contributed by atoms with Gasteiger partial charge in [0.15, 0.2) is 5.65 Å². The van der Waals surface area contributed by atoms with Crippen LogP contribution < -0.4 is 5.73 Å². The van der Waals surface area contributed by atoms with Gasteiger partial charge in [-0.25, -0.2) is 9.97 Å². The van der Waals surface area contributed by atoms with E-state index >= 15 is 0 Å². The molecule has 0 fully saturated rings. The average Bonchev–Trinajstić information content (AvgIpc) is 2.72. The minimum atomic E-state index is 0.119. The van der Waals surface area contributed by atoms with Crippen LogP contribution in [0.3, 0.4) is 0 Å². The lowest BCUT2D eigenvalue weighted by molar-refractivity contribution is -0.131. The molecule has 0 radical (unpaired) electrons. The number of fused-ring (bicyclic) bond motifs is 1. The monoisotopic (exact) mass is 339 g/mol. The summed E-state index contributed by atoms with van der Waals surface area (Å²) in [6.07, 6.45) is 2.10. The van der Waals surface area contributed by atoms with Gasteiger partial charge in [-0.05, 0) is 35.8 Å². The molecule has 0 saturated carbocycles. The van der Waals surface area contributed by atoms with Gasteiger partial charge in [0.2, 0.25) is 11.9 Å². The van der Waals surface area contributed by atoms with Gasteiger partial charge >= 0.3 is 0 Å². The van der Waals surface area contributed by atoms with Gasteiger partial charge in [-0.15, -0.1) is 0 Å². The Hall–Kier alpha value is -1.63. The number of anilines is 1. The van der Waals surface area contributed by atoms with Gasteiger partial charge in [0, 0.05) is 36.7 Å². The maximum atomic E-state index is 12.0. The predicted molar refractivity (Wildman–Crippen MR) is 82.2 cm³/mol. The summed E-state index contributed by atoms with van der Waals surface area (Å²) < 4.78 is 2.64. The molecule has 0 aromatic carbocycles. The molecule has 6 nitrogen and oxygen atoms in total. The highest BCUT2D eigenvalue weighted by molar-refractivity contribution is 9.10. The molecule has 0 aliphatic heterocycles. The van der Waals surface area contributed by atoms with E-state index in [0.29, 0.717) is 24.6 Å². The number of nitrogens with zero attached hydrogens (tertiary/aromatic N) is 4. The normalized spacial score (nSPS) is 10.9. The second kappa shape index (κ2) is 6.21. The Morgan fingerprint density at radius 1 is 1.45 bits per heavy atom. The van der Waals surface area contributed by atoms with E-state index in [1.54, 1.807) is 15.7 Å². The summed E-state index contributed by atoms with van der Waals surface area (Å²) >= 11 is 3.35. The van der Waals surface area contributed by atoms with Crippen molar-refractivity contribution < 1.29 is 4.79 Å². The highest BCUT2D eigenvalue weighted by Crippen LogP contribution is 2.19. The summed E-state index contributed by atoms with van der Waals surface area (Å²) in [6.45, 7) is 5.89. The number of hydrogen-bond acceptors (Lipinski definition) is 4. The summed E-state index contributed by atoms with van der Waals surface area (Å²) in [7, 11) is 0. The van der Waals surface area contributed by atoms with Crippen LogP contribution in [0.2, 0.25) is 0 Å². The van der Waals surface area contributed by atoms with E-state index in [1.165, 1.54) is 0 Å². The van der Waals surface area contributed by atoms with Crippen LogP contribution in [0.25, 0.3) is 11.2 Å². The molecule has 0 aliphatic rings. The molecule has 1 amide bonds. The van der Waals surface area contributed by atoms with Gasteiger partial charge in [0.05, 0.1) is 0 Å². The molecular formula is C13H18BrN5O. The molecule has 7 heteroatoms. The summed E-state index contributed by atoms with van der Waals surface area (Å²) in [5, 5.41) is 0. The van der Waals surface area contributed by atoms with Crippen LogP contribution in [-0.2, 0) is 11.3 Å². The highest BCUT2D eigenvalue weighted by atomic mass is 79.9. The molecule has 20 heavy (non-hydrogen) atoms. The maximum absolute atomic E-state index is 12.0. The number of carbonyl (C=O) groups excluding carboxylic acids is 1. The molecule has 0 aliphatic carbocycles. The molecule has 2 rings (SSSR count). The summed E-state index contributed by atoms with van der Waals surface area (Å²) in [6, 6.07) is 1.86. The van der Waals surface area contributed by atoms with Gasteiger partial charge in [-0.2, -0.15) is 0 Å². The molecule has 0 saturated heterocycles. The maximum Gasteiger partial charge on any atom is 0.224 e. The largest absolute Gasteiger partial charge is 0.369 e. The molecule has 0 atom stereocenters. The fraction of sp³-hybridized carbons (Fsp3) is 0.462. The molecule has 2 N–H and O–H groups in total. The van der Waals surface area contributed by atoms with Crippen molar-refractivity contribution in [3.63, 3.8) is 0 Å². The Morgan fingerprint density at radius 2 is 2.15 bits per heavy atom. The van der Waals surface area contributed by atoms with E-state index in [4.69, 9.17) is 5.73 Å². The number of hydrogen-bond donors (Lipinski definition) is 1. The van der Waals surface area contributed by atoms with E-state index in [1.807, 2.05) is 19.9 Å². The van der Waals surface area contributed by atoms with E-state index in [2.05, 4.69) is 25.9 Å². The zero-order valence-electron chi connectivity index (χ0n) is 11.6. The van der Waals surface area contributed by atoms with Crippen LogP contribution in [0.5, 0.6) is 0 Å². The lowest BCUT2D eigenvalue weighted by Crippen LogP contribution is -2.31. The number of pyridine rings is 1. The van der Waals surface area contributed by atoms with E-state index in [-0.39, 0.29) is 5.91 Å². The third-order valence-electron chi connectivity index (χ3n) is 3.25. The van der Waals surface area contributed by atoms with E-state index < -0.39 is 0 Å². The minimum Gasteiger partial charge on any atom is -0.369 e. The van der Waals surface area contributed by atoms with Crippen molar-refractivity contribution in [3.8, 4) is 0 Å². The topological polar surface area (TPSA) is 77.0 Å². The van der Waals surface area contributed by atoms with Crippen molar-refractivity contribution in [1.29, 1.82) is 0 Å². The van der Waals surface area contributed by atoms with Crippen molar-refractivity contribution in [2.45, 2.75) is 26.8 Å². The Labute approximate surface area is 126 Å². The quantitative estimate of drug-likeness (QED) is 0.904. The lowest BCUT2D eigenvalue weighted by Gasteiger charge is -2.18. The zero-order valence-corrected chi connectivity index (χ0v) is 13.2. The number of amides is 1. The van der Waals surface area contributed by atoms with Crippen molar-refractivity contribution in [3.05, 3.63) is 16.7 Å². The molecule has 108 valence electrons. The van der Waals surface area contributed by atoms with Crippen LogP contribution >= 0.6 is 15.9 Å². The Bertz CT molecular complexity index is 620. The molecule has 2 aromatic rings. The number of aromatic nitrogens is 3. The molecule has 0 unspecified atom stereocenters. The number of nitrogen functional groups attached to an aromatic ring is 1. The zero-order chi connectivity index (χ0) is 14.7. The van der Waals surface area contributed by atoms with Gasteiger partial charge in [0.25, 0.3) is 0 Å². The predicted octanol–water partition coefficient (Wildman–Crippen LogP) is 2.03. The van der Waals surface area contributed by atoms with Gasteiger partial charge in [-0.3, -0.25) is 9.36 Å². The van der Waals surface area contributed by atoms with E-state index in [9.17, 15) is 4.79 Å². The fourth-order valence-electron chi connectivity index (χ4n) is 2.17. The second-order valence-electron chi connectivity index (χ2n) is 4.43.